The minimum atomic E-state index is -0.0305. The lowest BCUT2D eigenvalue weighted by Gasteiger charge is -2.05. The normalized spacial score (nSPS) is 10.3. The fourth-order valence-corrected chi connectivity index (χ4v) is 1.65. The topological polar surface area (TPSA) is 44.1 Å². The van der Waals surface area contributed by atoms with Crippen molar-refractivity contribution >= 4 is 5.78 Å². The lowest BCUT2D eigenvalue weighted by molar-refractivity contribution is 0.103. The molecule has 1 aromatic carbocycles. The molecule has 0 aliphatic carbocycles. The summed E-state index contributed by atoms with van der Waals surface area (Å²) in [5, 5.41) is 0. The van der Waals surface area contributed by atoms with Crippen molar-refractivity contribution in [1.82, 2.24) is 9.55 Å². The molecule has 0 saturated heterocycles. The Balaban J connectivity index is 2.15. The maximum Gasteiger partial charge on any atom is 0.211 e. The van der Waals surface area contributed by atoms with E-state index in [0.29, 0.717) is 17.9 Å². The molecule has 0 bridgehead atoms. The van der Waals surface area contributed by atoms with Crippen molar-refractivity contribution in [2.75, 3.05) is 6.61 Å². The molecular weight excluding hydrogens is 228 g/mol. The summed E-state index contributed by atoms with van der Waals surface area (Å²) >= 11 is 0. The highest BCUT2D eigenvalue weighted by molar-refractivity contribution is 6.07. The molecule has 0 unspecified atom stereocenters. The monoisotopic (exact) mass is 244 g/mol. The molecule has 0 saturated carbocycles. The first-order valence-electron chi connectivity index (χ1n) is 5.96. The Bertz CT molecular complexity index is 529. The van der Waals surface area contributed by atoms with Crippen LogP contribution in [0.5, 0.6) is 5.75 Å². The molecule has 2 rings (SSSR count). The first kappa shape index (κ1) is 12.4. The van der Waals surface area contributed by atoms with Crippen molar-refractivity contribution in [3.63, 3.8) is 0 Å². The molecule has 0 atom stereocenters. The van der Waals surface area contributed by atoms with E-state index in [0.717, 1.165) is 12.2 Å². The van der Waals surface area contributed by atoms with Crippen LogP contribution in [-0.2, 0) is 7.05 Å². The second-order valence-corrected chi connectivity index (χ2v) is 4.09. The molecule has 18 heavy (non-hydrogen) atoms. The van der Waals surface area contributed by atoms with Gasteiger partial charge in [-0.05, 0) is 30.7 Å². The first-order chi connectivity index (χ1) is 8.72. The van der Waals surface area contributed by atoms with E-state index in [1.54, 1.807) is 36.3 Å². The van der Waals surface area contributed by atoms with Crippen LogP contribution in [0.1, 0.15) is 29.4 Å². The van der Waals surface area contributed by atoms with Crippen molar-refractivity contribution in [3.8, 4) is 5.75 Å². The third-order valence-electron chi connectivity index (χ3n) is 2.64. The van der Waals surface area contributed by atoms with Gasteiger partial charge in [0.2, 0.25) is 5.78 Å². The average molecular weight is 244 g/mol. The lowest BCUT2D eigenvalue weighted by atomic mass is 10.1. The molecule has 0 spiro atoms. The summed E-state index contributed by atoms with van der Waals surface area (Å²) in [6, 6.07) is 7.19. The van der Waals surface area contributed by atoms with Crippen molar-refractivity contribution in [1.29, 1.82) is 0 Å². The largest absolute Gasteiger partial charge is 0.494 e. The van der Waals surface area contributed by atoms with E-state index in [1.807, 2.05) is 12.1 Å². The van der Waals surface area contributed by atoms with Crippen molar-refractivity contribution in [2.24, 2.45) is 7.05 Å². The molecule has 1 aromatic heterocycles. The Kier molecular flexibility index (Phi) is 3.77. The van der Waals surface area contributed by atoms with E-state index in [9.17, 15) is 4.79 Å². The number of aromatic nitrogens is 2. The van der Waals surface area contributed by atoms with E-state index in [2.05, 4.69) is 11.9 Å². The Morgan fingerprint density at radius 3 is 2.61 bits per heavy atom. The van der Waals surface area contributed by atoms with Crippen LogP contribution >= 0.6 is 0 Å². The van der Waals surface area contributed by atoms with Crippen molar-refractivity contribution in [2.45, 2.75) is 13.3 Å². The Labute approximate surface area is 106 Å². The highest BCUT2D eigenvalue weighted by Crippen LogP contribution is 2.15. The maximum atomic E-state index is 12.2. The second kappa shape index (κ2) is 5.49. The molecule has 2 aromatic rings. The number of aryl methyl sites for hydroxylation is 1. The van der Waals surface area contributed by atoms with Crippen LogP contribution < -0.4 is 4.74 Å². The fraction of sp³-hybridized carbons (Fsp3) is 0.286. The van der Waals surface area contributed by atoms with E-state index in [4.69, 9.17) is 4.74 Å². The Hall–Kier alpha value is -2.10. The van der Waals surface area contributed by atoms with Gasteiger partial charge >= 0.3 is 0 Å². The molecule has 4 nitrogen and oxygen atoms in total. The lowest BCUT2D eigenvalue weighted by Crippen LogP contribution is -2.06. The number of ether oxygens (including phenoxy) is 1. The minimum absolute atomic E-state index is 0.0305. The smallest absolute Gasteiger partial charge is 0.211 e. The Morgan fingerprint density at radius 1 is 1.33 bits per heavy atom. The van der Waals surface area contributed by atoms with Crippen molar-refractivity contribution in [3.05, 3.63) is 48.0 Å². The second-order valence-electron chi connectivity index (χ2n) is 4.09. The standard InChI is InChI=1S/C14H16N2O2/c1-3-8-18-12-6-4-11(5-7-12)14(17)13-9-15-10-16(13)2/h4-7,9-10H,3,8H2,1-2H3. The number of nitrogens with zero attached hydrogens (tertiary/aromatic N) is 2. The van der Waals surface area contributed by atoms with Gasteiger partial charge in [0.1, 0.15) is 11.4 Å². The van der Waals surface area contributed by atoms with Crippen LogP contribution in [-0.4, -0.2) is 21.9 Å². The number of imidazole rings is 1. The first-order valence-corrected chi connectivity index (χ1v) is 5.96. The predicted molar refractivity (Wildman–Crippen MR) is 68.9 cm³/mol. The summed E-state index contributed by atoms with van der Waals surface area (Å²) in [5.74, 6) is 0.760. The van der Waals surface area contributed by atoms with Crippen LogP contribution in [0.25, 0.3) is 0 Å². The van der Waals surface area contributed by atoms with E-state index < -0.39 is 0 Å². The van der Waals surface area contributed by atoms with Crippen LogP contribution in [0.3, 0.4) is 0 Å². The van der Waals surface area contributed by atoms with Gasteiger partial charge in [0.15, 0.2) is 0 Å². The van der Waals surface area contributed by atoms with Crippen LogP contribution in [0.2, 0.25) is 0 Å². The summed E-state index contributed by atoms with van der Waals surface area (Å²) in [4.78, 5) is 16.1. The number of ketones is 1. The number of hydrogen-bond acceptors (Lipinski definition) is 3. The van der Waals surface area contributed by atoms with Gasteiger partial charge in [0.05, 0.1) is 19.1 Å². The SMILES string of the molecule is CCCOc1ccc(C(=O)c2cncn2C)cc1. The zero-order valence-electron chi connectivity index (χ0n) is 10.6. The van der Waals surface area contributed by atoms with Gasteiger partial charge in [0, 0.05) is 12.6 Å². The molecule has 4 heteroatoms. The summed E-state index contributed by atoms with van der Waals surface area (Å²) in [6.07, 6.45) is 4.16. The van der Waals surface area contributed by atoms with E-state index >= 15 is 0 Å². The molecule has 1 heterocycles. The quantitative estimate of drug-likeness (QED) is 0.759. The zero-order valence-corrected chi connectivity index (χ0v) is 10.6. The van der Waals surface area contributed by atoms with Crippen LogP contribution in [0, 0.1) is 0 Å². The van der Waals surface area contributed by atoms with Crippen molar-refractivity contribution < 1.29 is 9.53 Å². The third kappa shape index (κ3) is 2.59. The molecule has 0 aliphatic rings. The third-order valence-corrected chi connectivity index (χ3v) is 2.64. The molecule has 0 N–H and O–H groups in total. The molecule has 0 aliphatic heterocycles. The summed E-state index contributed by atoms with van der Waals surface area (Å²) < 4.78 is 7.19. The van der Waals surface area contributed by atoms with Gasteiger partial charge in [-0.25, -0.2) is 4.98 Å². The fourth-order valence-electron chi connectivity index (χ4n) is 1.65. The molecule has 0 fully saturated rings. The molecule has 0 amide bonds. The number of carbonyl (C=O) groups excluding carboxylic acids is 1. The highest BCUT2D eigenvalue weighted by atomic mass is 16.5. The van der Waals surface area contributed by atoms with Gasteiger partial charge in [-0.3, -0.25) is 4.79 Å². The minimum Gasteiger partial charge on any atom is -0.494 e. The van der Waals surface area contributed by atoms with E-state index in [-0.39, 0.29) is 5.78 Å². The van der Waals surface area contributed by atoms with Crippen LogP contribution in [0.4, 0.5) is 0 Å². The van der Waals surface area contributed by atoms with E-state index in [1.165, 1.54) is 0 Å². The van der Waals surface area contributed by atoms with Crippen LogP contribution in [0.15, 0.2) is 36.8 Å². The Morgan fingerprint density at radius 2 is 2.06 bits per heavy atom. The van der Waals surface area contributed by atoms with Gasteiger partial charge < -0.3 is 9.30 Å². The summed E-state index contributed by atoms with van der Waals surface area (Å²) in [7, 11) is 1.80. The number of carbonyl (C=O) groups is 1. The summed E-state index contributed by atoms with van der Waals surface area (Å²) in [6.45, 7) is 2.75. The maximum absolute atomic E-state index is 12.2. The predicted octanol–water partition coefficient (Wildman–Crippen LogP) is 2.44. The summed E-state index contributed by atoms with van der Waals surface area (Å²) in [5.41, 5.74) is 1.22. The average Bonchev–Trinajstić information content (AvgIpc) is 2.82. The highest BCUT2D eigenvalue weighted by Gasteiger charge is 2.12. The van der Waals surface area contributed by atoms with Gasteiger partial charge in [0.25, 0.3) is 0 Å². The van der Waals surface area contributed by atoms with Gasteiger partial charge in [-0.2, -0.15) is 0 Å². The number of benzene rings is 1. The molecule has 94 valence electrons. The molecular formula is C14H16N2O2. The molecule has 0 radical (unpaired) electrons. The number of rotatable bonds is 5. The number of hydrogen-bond donors (Lipinski definition) is 0. The van der Waals surface area contributed by atoms with Gasteiger partial charge in [-0.1, -0.05) is 6.92 Å². The zero-order chi connectivity index (χ0) is 13.0. The van der Waals surface area contributed by atoms with Gasteiger partial charge in [-0.15, -0.1) is 0 Å².